The maximum absolute atomic E-state index is 14.7. The Morgan fingerprint density at radius 2 is 2.07 bits per heavy atom. The SMILES string of the molecule is CCc1nn2c(cc(N3CCN(C(=O)O)CC3)c3c(F)ccnc32)c1N=O. The van der Waals surface area contributed by atoms with Crippen LogP contribution in [0.1, 0.15) is 12.6 Å². The predicted octanol–water partition coefficient (Wildman–Crippen LogP) is 2.78. The van der Waals surface area contributed by atoms with Crippen LogP contribution in [0, 0.1) is 10.7 Å². The lowest BCUT2D eigenvalue weighted by Crippen LogP contribution is -2.48. The van der Waals surface area contributed by atoms with Crippen molar-refractivity contribution in [1.82, 2.24) is 19.5 Å². The van der Waals surface area contributed by atoms with Crippen LogP contribution < -0.4 is 4.90 Å². The Hall–Kier alpha value is -3.30. The molecule has 1 aliphatic rings. The summed E-state index contributed by atoms with van der Waals surface area (Å²) in [5.74, 6) is -0.452. The molecule has 1 aliphatic heterocycles. The average molecular weight is 372 g/mol. The average Bonchev–Trinajstić information content (AvgIpc) is 3.05. The van der Waals surface area contributed by atoms with Gasteiger partial charge in [-0.15, -0.1) is 4.91 Å². The molecule has 1 fully saturated rings. The van der Waals surface area contributed by atoms with Gasteiger partial charge in [-0.25, -0.2) is 18.7 Å². The molecule has 140 valence electrons. The summed E-state index contributed by atoms with van der Waals surface area (Å²) in [6.45, 7) is 3.29. The number of hydrogen-bond acceptors (Lipinski definition) is 6. The highest BCUT2D eigenvalue weighted by Gasteiger charge is 2.25. The monoisotopic (exact) mass is 372 g/mol. The third-order valence-electron chi connectivity index (χ3n) is 4.89. The molecule has 0 aliphatic carbocycles. The van der Waals surface area contributed by atoms with Crippen LogP contribution in [0.3, 0.4) is 0 Å². The Bertz CT molecular complexity index is 1060. The molecular formula is C17H17FN6O3. The first-order valence-corrected chi connectivity index (χ1v) is 8.60. The lowest BCUT2D eigenvalue weighted by Gasteiger charge is -2.35. The smallest absolute Gasteiger partial charge is 0.407 e. The minimum atomic E-state index is -0.973. The van der Waals surface area contributed by atoms with Crippen molar-refractivity contribution in [2.45, 2.75) is 13.3 Å². The van der Waals surface area contributed by atoms with E-state index in [0.717, 1.165) is 0 Å². The summed E-state index contributed by atoms with van der Waals surface area (Å²) < 4.78 is 16.2. The quantitative estimate of drug-likeness (QED) is 0.709. The van der Waals surface area contributed by atoms with E-state index in [1.165, 1.54) is 21.7 Å². The van der Waals surface area contributed by atoms with Crippen LogP contribution in [0.4, 0.5) is 20.6 Å². The van der Waals surface area contributed by atoms with E-state index in [2.05, 4.69) is 15.3 Å². The standard InChI is InChI=1S/C17H17FN6O3/c1-2-11-15(21-27)13-9-12(22-5-7-23(8-6-22)17(25)26)14-10(18)3-4-19-16(14)24(13)20-11/h3-4,9H,2,5-8H2,1H3,(H,25,26). The Morgan fingerprint density at radius 1 is 1.33 bits per heavy atom. The van der Waals surface area contributed by atoms with Gasteiger partial charge in [0.25, 0.3) is 0 Å². The maximum Gasteiger partial charge on any atom is 0.407 e. The van der Waals surface area contributed by atoms with Crippen molar-refractivity contribution in [2.24, 2.45) is 5.18 Å². The third kappa shape index (κ3) is 2.64. The van der Waals surface area contributed by atoms with Crippen molar-refractivity contribution in [3.05, 3.63) is 34.7 Å². The molecule has 27 heavy (non-hydrogen) atoms. The molecule has 1 amide bonds. The number of piperazine rings is 1. The zero-order valence-corrected chi connectivity index (χ0v) is 14.6. The minimum absolute atomic E-state index is 0.218. The first kappa shape index (κ1) is 17.1. The lowest BCUT2D eigenvalue weighted by atomic mass is 10.1. The van der Waals surface area contributed by atoms with Crippen molar-refractivity contribution in [3.8, 4) is 0 Å². The summed E-state index contributed by atoms with van der Waals surface area (Å²) >= 11 is 0. The fourth-order valence-electron chi connectivity index (χ4n) is 3.51. The van der Waals surface area contributed by atoms with Crippen LogP contribution in [-0.2, 0) is 6.42 Å². The van der Waals surface area contributed by atoms with E-state index in [0.29, 0.717) is 55.1 Å². The number of fused-ring (bicyclic) bond motifs is 3. The molecule has 1 N–H and O–H groups in total. The molecule has 0 unspecified atom stereocenters. The van der Waals surface area contributed by atoms with Gasteiger partial charge in [0.1, 0.15) is 11.3 Å². The highest BCUT2D eigenvalue weighted by Crippen LogP contribution is 2.35. The highest BCUT2D eigenvalue weighted by atomic mass is 19.1. The molecule has 4 rings (SSSR count). The molecule has 0 atom stereocenters. The van der Waals surface area contributed by atoms with E-state index < -0.39 is 11.9 Å². The van der Waals surface area contributed by atoms with Crippen molar-refractivity contribution < 1.29 is 14.3 Å². The Morgan fingerprint density at radius 3 is 2.70 bits per heavy atom. The summed E-state index contributed by atoms with van der Waals surface area (Å²) in [5, 5.41) is 16.9. The predicted molar refractivity (Wildman–Crippen MR) is 97.1 cm³/mol. The zero-order valence-electron chi connectivity index (χ0n) is 14.6. The summed E-state index contributed by atoms with van der Waals surface area (Å²) in [4.78, 5) is 30.0. The zero-order chi connectivity index (χ0) is 19.1. The van der Waals surface area contributed by atoms with E-state index in [-0.39, 0.29) is 11.1 Å². The van der Waals surface area contributed by atoms with Crippen LogP contribution in [0.5, 0.6) is 0 Å². The second-order valence-corrected chi connectivity index (χ2v) is 6.31. The third-order valence-corrected chi connectivity index (χ3v) is 4.89. The van der Waals surface area contributed by atoms with Crippen molar-refractivity contribution >= 4 is 34.0 Å². The van der Waals surface area contributed by atoms with E-state index in [1.807, 2.05) is 11.8 Å². The van der Waals surface area contributed by atoms with Gasteiger partial charge in [-0.1, -0.05) is 6.92 Å². The molecule has 10 heteroatoms. The number of anilines is 1. The number of nitrogens with zero attached hydrogens (tertiary/aromatic N) is 6. The van der Waals surface area contributed by atoms with Crippen LogP contribution in [0.2, 0.25) is 0 Å². The fourth-order valence-corrected chi connectivity index (χ4v) is 3.51. The highest BCUT2D eigenvalue weighted by molar-refractivity contribution is 5.96. The van der Waals surface area contributed by atoms with Crippen molar-refractivity contribution in [3.63, 3.8) is 0 Å². The Balaban J connectivity index is 1.93. The number of hydrogen-bond donors (Lipinski definition) is 1. The van der Waals surface area contributed by atoms with Crippen molar-refractivity contribution in [1.29, 1.82) is 0 Å². The summed E-state index contributed by atoms with van der Waals surface area (Å²) in [6.07, 6.45) is 0.884. The van der Waals surface area contributed by atoms with Gasteiger partial charge in [0.2, 0.25) is 0 Å². The van der Waals surface area contributed by atoms with Crippen LogP contribution in [0.25, 0.3) is 16.6 Å². The number of aryl methyl sites for hydroxylation is 1. The number of pyridine rings is 2. The van der Waals surface area contributed by atoms with E-state index in [1.54, 1.807) is 6.07 Å². The molecule has 0 spiro atoms. The van der Waals surface area contributed by atoms with Crippen LogP contribution >= 0.6 is 0 Å². The Labute approximate surface area is 153 Å². The Kier molecular flexibility index (Phi) is 4.09. The fraction of sp³-hybridized carbons (Fsp3) is 0.353. The van der Waals surface area contributed by atoms with Gasteiger partial charge in [-0.2, -0.15) is 5.10 Å². The summed E-state index contributed by atoms with van der Waals surface area (Å²) in [6, 6.07) is 2.96. The first-order chi connectivity index (χ1) is 13.0. The molecule has 0 bridgehead atoms. The number of nitroso groups, excluding NO2 is 1. The molecule has 4 heterocycles. The van der Waals surface area contributed by atoms with Crippen LogP contribution in [0.15, 0.2) is 23.5 Å². The molecule has 0 saturated carbocycles. The largest absolute Gasteiger partial charge is 0.465 e. The first-order valence-electron chi connectivity index (χ1n) is 8.60. The van der Waals surface area contributed by atoms with Gasteiger partial charge in [0.05, 0.1) is 16.8 Å². The summed E-state index contributed by atoms with van der Waals surface area (Å²) in [5.41, 5.74) is 2.05. The van der Waals surface area contributed by atoms with E-state index in [4.69, 9.17) is 5.11 Å². The number of halogens is 1. The van der Waals surface area contributed by atoms with E-state index in [9.17, 15) is 14.1 Å². The van der Waals surface area contributed by atoms with Gasteiger partial charge >= 0.3 is 6.09 Å². The normalized spacial score (nSPS) is 14.9. The topological polar surface area (TPSA) is 103 Å². The molecule has 3 aromatic heterocycles. The van der Waals surface area contributed by atoms with Crippen LogP contribution in [-0.4, -0.2) is 56.9 Å². The second-order valence-electron chi connectivity index (χ2n) is 6.31. The van der Waals surface area contributed by atoms with Gasteiger partial charge in [-0.05, 0) is 23.7 Å². The molecule has 0 aromatic carbocycles. The van der Waals surface area contributed by atoms with Gasteiger partial charge in [-0.3, -0.25) is 0 Å². The summed E-state index contributed by atoms with van der Waals surface area (Å²) in [7, 11) is 0. The van der Waals surface area contributed by atoms with Gasteiger partial charge in [0, 0.05) is 32.4 Å². The number of amides is 1. The molecule has 1 saturated heterocycles. The lowest BCUT2D eigenvalue weighted by molar-refractivity contribution is 0.142. The minimum Gasteiger partial charge on any atom is -0.465 e. The van der Waals surface area contributed by atoms with Gasteiger partial charge < -0.3 is 14.9 Å². The number of aromatic nitrogens is 3. The number of carbonyl (C=O) groups is 1. The maximum atomic E-state index is 14.7. The number of carboxylic acid groups (broad SMARTS) is 1. The molecular weight excluding hydrogens is 355 g/mol. The number of rotatable bonds is 3. The second kappa shape index (κ2) is 6.45. The molecule has 0 radical (unpaired) electrons. The molecule has 9 nitrogen and oxygen atoms in total. The van der Waals surface area contributed by atoms with Crippen molar-refractivity contribution in [2.75, 3.05) is 31.1 Å². The van der Waals surface area contributed by atoms with Gasteiger partial charge in [0.15, 0.2) is 11.3 Å². The van der Waals surface area contributed by atoms with E-state index >= 15 is 0 Å². The molecule has 3 aromatic rings.